The molecule has 6 nitrogen and oxygen atoms in total. The number of anilines is 1. The lowest BCUT2D eigenvalue weighted by atomic mass is 9.89. The number of carbonyl (C=O) groups excluding carboxylic acids is 1. The molecule has 1 aliphatic rings. The summed E-state index contributed by atoms with van der Waals surface area (Å²) in [6, 6.07) is 9.32. The van der Waals surface area contributed by atoms with E-state index in [1.165, 1.54) is 44.5 Å². The Morgan fingerprint density at radius 1 is 1.11 bits per heavy atom. The molecule has 1 amide bonds. The SMILES string of the molecule is COc1ccc(C(=O)Nc2c(Cl)c[n+](O)cc2Cl)c2c3cc(Cl)ccc3n(CC3CCCCC3)c12. The highest BCUT2D eigenvalue weighted by molar-refractivity contribution is 6.40. The maximum absolute atomic E-state index is 13.6. The van der Waals surface area contributed by atoms with Crippen molar-refractivity contribution in [2.75, 3.05) is 12.4 Å². The van der Waals surface area contributed by atoms with E-state index in [2.05, 4.69) is 9.88 Å². The van der Waals surface area contributed by atoms with E-state index >= 15 is 0 Å². The number of nitrogens with one attached hydrogen (secondary N) is 1. The molecule has 2 heterocycles. The van der Waals surface area contributed by atoms with E-state index < -0.39 is 0 Å². The molecule has 0 saturated heterocycles. The first-order valence-corrected chi connectivity index (χ1v) is 12.7. The minimum atomic E-state index is -0.381. The van der Waals surface area contributed by atoms with Crippen LogP contribution in [0.25, 0.3) is 21.8 Å². The molecule has 1 fully saturated rings. The standard InChI is InChI=1S/C26H24Cl3N3O3/c1-35-22-10-8-17(26(33)30-24-19(28)13-31(34)14-20(24)29)23-18-11-16(27)7-9-21(18)32(25(22)23)12-15-5-3-2-4-6-15/h7-11,13-15,34H,2-6,12H2,1H3/p+1. The van der Waals surface area contributed by atoms with Gasteiger partial charge in [-0.05, 0) is 49.1 Å². The molecule has 0 atom stereocenters. The summed E-state index contributed by atoms with van der Waals surface area (Å²) in [5.74, 6) is 0.873. The number of hydrogen-bond acceptors (Lipinski definition) is 3. The third-order valence-electron chi connectivity index (χ3n) is 6.77. The lowest BCUT2D eigenvalue weighted by molar-refractivity contribution is -0.904. The van der Waals surface area contributed by atoms with Crippen LogP contribution < -0.4 is 14.8 Å². The van der Waals surface area contributed by atoms with Crippen LogP contribution in [0.1, 0.15) is 42.5 Å². The Bertz CT molecular complexity index is 1420. The molecule has 2 aromatic carbocycles. The number of fused-ring (bicyclic) bond motifs is 3. The van der Waals surface area contributed by atoms with Crippen LogP contribution in [0.4, 0.5) is 5.69 Å². The average molecular weight is 534 g/mol. The molecule has 2 aromatic heterocycles. The lowest BCUT2D eigenvalue weighted by Gasteiger charge is -2.23. The Balaban J connectivity index is 1.69. The Morgan fingerprint density at radius 3 is 2.51 bits per heavy atom. The van der Waals surface area contributed by atoms with Crippen molar-refractivity contribution in [3.05, 3.63) is 63.4 Å². The van der Waals surface area contributed by atoms with Crippen molar-refractivity contribution in [1.29, 1.82) is 0 Å². The highest BCUT2D eigenvalue weighted by Gasteiger charge is 2.25. The fourth-order valence-corrected chi connectivity index (χ4v) is 5.88. The summed E-state index contributed by atoms with van der Waals surface area (Å²) in [6.45, 7) is 0.843. The van der Waals surface area contributed by atoms with Crippen LogP contribution in [0, 0.1) is 5.92 Å². The molecule has 4 aromatic rings. The van der Waals surface area contributed by atoms with Crippen LogP contribution in [0.5, 0.6) is 5.75 Å². The van der Waals surface area contributed by atoms with E-state index in [9.17, 15) is 10.0 Å². The minimum absolute atomic E-state index is 0.112. The van der Waals surface area contributed by atoms with E-state index in [1.807, 2.05) is 24.3 Å². The van der Waals surface area contributed by atoms with Gasteiger partial charge in [0.25, 0.3) is 5.91 Å². The van der Waals surface area contributed by atoms with Gasteiger partial charge in [0.15, 0.2) is 0 Å². The van der Waals surface area contributed by atoms with Crippen molar-refractivity contribution < 1.29 is 19.5 Å². The van der Waals surface area contributed by atoms with E-state index in [4.69, 9.17) is 39.5 Å². The molecule has 0 spiro atoms. The van der Waals surface area contributed by atoms with Gasteiger partial charge in [-0.15, -0.1) is 0 Å². The van der Waals surface area contributed by atoms with Gasteiger partial charge in [-0.3, -0.25) is 10.0 Å². The first-order valence-electron chi connectivity index (χ1n) is 11.6. The number of carbonyl (C=O) groups is 1. The van der Waals surface area contributed by atoms with Gasteiger partial charge in [-0.25, -0.2) is 0 Å². The molecule has 0 aliphatic heterocycles. The van der Waals surface area contributed by atoms with Gasteiger partial charge >= 0.3 is 0 Å². The van der Waals surface area contributed by atoms with E-state index in [-0.39, 0.29) is 21.6 Å². The fourth-order valence-electron chi connectivity index (χ4n) is 5.16. The molecule has 5 rings (SSSR count). The maximum atomic E-state index is 13.6. The second-order valence-electron chi connectivity index (χ2n) is 8.98. The summed E-state index contributed by atoms with van der Waals surface area (Å²) in [7, 11) is 1.64. The van der Waals surface area contributed by atoms with Gasteiger partial charge in [-0.2, -0.15) is 0 Å². The molecule has 9 heteroatoms. The third kappa shape index (κ3) is 4.51. The van der Waals surface area contributed by atoms with Crippen LogP contribution in [-0.4, -0.2) is 22.8 Å². The van der Waals surface area contributed by atoms with Gasteiger partial charge in [0.2, 0.25) is 12.4 Å². The van der Waals surface area contributed by atoms with Crippen LogP contribution in [-0.2, 0) is 6.54 Å². The zero-order valence-electron chi connectivity index (χ0n) is 19.2. The number of hydrogen-bond donors (Lipinski definition) is 2. The summed E-state index contributed by atoms with van der Waals surface area (Å²) in [6.07, 6.45) is 8.65. The first-order chi connectivity index (χ1) is 16.9. The van der Waals surface area contributed by atoms with Crippen molar-refractivity contribution in [1.82, 2.24) is 4.57 Å². The smallest absolute Gasteiger partial charge is 0.256 e. The average Bonchev–Trinajstić information content (AvgIpc) is 3.15. The van der Waals surface area contributed by atoms with Crippen LogP contribution in [0.2, 0.25) is 15.1 Å². The quantitative estimate of drug-likeness (QED) is 0.212. The van der Waals surface area contributed by atoms with E-state index in [1.54, 1.807) is 13.2 Å². The molecular formula is C26H25Cl3N3O3+. The van der Waals surface area contributed by atoms with Gasteiger partial charge < -0.3 is 14.6 Å². The second-order valence-corrected chi connectivity index (χ2v) is 10.2. The second kappa shape index (κ2) is 9.76. The molecule has 35 heavy (non-hydrogen) atoms. The Labute approximate surface area is 217 Å². The Kier molecular flexibility index (Phi) is 6.71. The molecule has 182 valence electrons. The highest BCUT2D eigenvalue weighted by atomic mass is 35.5. The van der Waals surface area contributed by atoms with Crippen molar-refractivity contribution in [3.63, 3.8) is 0 Å². The predicted octanol–water partition coefficient (Wildman–Crippen LogP) is 7.12. The van der Waals surface area contributed by atoms with Crippen LogP contribution >= 0.6 is 34.8 Å². The summed E-state index contributed by atoms with van der Waals surface area (Å²) >= 11 is 18.9. The molecule has 0 radical (unpaired) electrons. The maximum Gasteiger partial charge on any atom is 0.256 e. The number of amides is 1. The molecule has 2 N–H and O–H groups in total. The lowest BCUT2D eigenvalue weighted by Crippen LogP contribution is -2.29. The molecule has 1 aliphatic carbocycles. The summed E-state index contributed by atoms with van der Waals surface area (Å²) in [5.41, 5.74) is 2.53. The van der Waals surface area contributed by atoms with Crippen molar-refractivity contribution in [2.24, 2.45) is 5.92 Å². The number of nitrogens with zero attached hydrogens (tertiary/aromatic N) is 2. The number of rotatable bonds is 5. The Hall–Kier alpha value is -2.67. The summed E-state index contributed by atoms with van der Waals surface area (Å²) < 4.78 is 8.77. The molecule has 0 bridgehead atoms. The predicted molar refractivity (Wildman–Crippen MR) is 139 cm³/mol. The number of aromatic nitrogens is 2. The highest BCUT2D eigenvalue weighted by Crippen LogP contribution is 2.40. The van der Waals surface area contributed by atoms with Crippen LogP contribution in [0.15, 0.2) is 42.7 Å². The molecular weight excluding hydrogens is 509 g/mol. The van der Waals surface area contributed by atoms with Gasteiger partial charge in [-0.1, -0.05) is 54.1 Å². The summed E-state index contributed by atoms with van der Waals surface area (Å²) in [4.78, 5) is 13.6. The monoisotopic (exact) mass is 532 g/mol. The van der Waals surface area contributed by atoms with Crippen molar-refractivity contribution in [3.8, 4) is 5.75 Å². The number of pyridine rings is 1. The third-order valence-corrected chi connectivity index (χ3v) is 7.58. The van der Waals surface area contributed by atoms with Gasteiger partial charge in [0.05, 0.1) is 18.3 Å². The Morgan fingerprint density at radius 2 is 1.83 bits per heavy atom. The van der Waals surface area contributed by atoms with E-state index in [0.29, 0.717) is 22.3 Å². The fraction of sp³-hybridized carbons (Fsp3) is 0.308. The number of ether oxygens (including phenoxy) is 1. The van der Waals surface area contributed by atoms with Gasteiger partial charge in [0.1, 0.15) is 15.8 Å². The zero-order chi connectivity index (χ0) is 24.7. The molecule has 1 saturated carbocycles. The first kappa shape index (κ1) is 24.0. The number of benzene rings is 2. The normalized spacial score (nSPS) is 14.5. The van der Waals surface area contributed by atoms with Crippen LogP contribution in [0.3, 0.4) is 0 Å². The topological polar surface area (TPSA) is 67.4 Å². The van der Waals surface area contributed by atoms with Crippen molar-refractivity contribution >= 4 is 68.2 Å². The van der Waals surface area contributed by atoms with Gasteiger partial charge in [0, 0.05) is 38.2 Å². The molecule has 0 unspecified atom stereocenters. The number of halogens is 3. The zero-order valence-corrected chi connectivity index (χ0v) is 21.4. The minimum Gasteiger partial charge on any atom is -0.495 e. The summed E-state index contributed by atoms with van der Waals surface area (Å²) in [5, 5.41) is 14.9. The van der Waals surface area contributed by atoms with Crippen molar-refractivity contribution in [2.45, 2.75) is 38.6 Å². The largest absolute Gasteiger partial charge is 0.495 e. The number of methoxy groups -OCH3 is 1. The van der Waals surface area contributed by atoms with E-state index in [0.717, 1.165) is 33.1 Å².